The first kappa shape index (κ1) is 10.7. The molecule has 0 saturated carbocycles. The summed E-state index contributed by atoms with van der Waals surface area (Å²) in [7, 11) is 0. The highest BCUT2D eigenvalue weighted by atomic mass is 32.1. The molecule has 1 aliphatic rings. The Hall–Kier alpha value is -1.39. The van der Waals surface area contributed by atoms with Crippen LogP contribution in [0.3, 0.4) is 0 Å². The fourth-order valence-electron chi connectivity index (χ4n) is 2.04. The fourth-order valence-corrected chi connectivity index (χ4v) is 2.81. The van der Waals surface area contributed by atoms with E-state index in [1.165, 1.54) is 4.88 Å². The Bertz CT molecular complexity index is 458. The SMILES string of the molecule is c1ccc(N2CCOC(c3cccs3)C2)nc1. The van der Waals surface area contributed by atoms with E-state index in [1.807, 2.05) is 18.3 Å². The van der Waals surface area contributed by atoms with E-state index in [1.54, 1.807) is 11.3 Å². The van der Waals surface area contributed by atoms with Crippen molar-refractivity contribution in [2.75, 3.05) is 24.6 Å². The Labute approximate surface area is 105 Å². The van der Waals surface area contributed by atoms with Gasteiger partial charge in [-0.15, -0.1) is 11.3 Å². The van der Waals surface area contributed by atoms with Crippen molar-refractivity contribution >= 4 is 17.2 Å². The van der Waals surface area contributed by atoms with Gasteiger partial charge in [-0.25, -0.2) is 4.98 Å². The molecular formula is C13H14N2OS. The quantitative estimate of drug-likeness (QED) is 0.814. The summed E-state index contributed by atoms with van der Waals surface area (Å²) in [5.41, 5.74) is 0. The van der Waals surface area contributed by atoms with Crippen LogP contribution in [0.1, 0.15) is 11.0 Å². The first-order valence-corrected chi connectivity index (χ1v) is 6.62. The van der Waals surface area contributed by atoms with E-state index in [2.05, 4.69) is 33.5 Å². The number of thiophene rings is 1. The van der Waals surface area contributed by atoms with Crippen LogP contribution in [0.25, 0.3) is 0 Å². The van der Waals surface area contributed by atoms with Gasteiger partial charge in [-0.3, -0.25) is 0 Å². The molecule has 1 unspecified atom stereocenters. The second-order valence-electron chi connectivity index (χ2n) is 4.01. The predicted molar refractivity (Wildman–Crippen MR) is 69.5 cm³/mol. The third-order valence-corrected chi connectivity index (χ3v) is 3.86. The van der Waals surface area contributed by atoms with Gasteiger partial charge in [-0.2, -0.15) is 0 Å². The van der Waals surface area contributed by atoms with Crippen LogP contribution in [0.5, 0.6) is 0 Å². The monoisotopic (exact) mass is 246 g/mol. The van der Waals surface area contributed by atoms with Crippen LogP contribution in [-0.4, -0.2) is 24.7 Å². The number of hydrogen-bond donors (Lipinski definition) is 0. The van der Waals surface area contributed by atoms with E-state index in [0.717, 1.165) is 25.5 Å². The van der Waals surface area contributed by atoms with Crippen molar-refractivity contribution < 1.29 is 4.74 Å². The molecule has 0 spiro atoms. The molecule has 2 aromatic heterocycles. The number of ether oxygens (including phenoxy) is 1. The summed E-state index contributed by atoms with van der Waals surface area (Å²) in [6.45, 7) is 2.57. The van der Waals surface area contributed by atoms with Crippen LogP contribution in [0.2, 0.25) is 0 Å². The third-order valence-electron chi connectivity index (χ3n) is 2.90. The number of pyridine rings is 1. The van der Waals surface area contributed by atoms with Crippen LogP contribution in [-0.2, 0) is 4.74 Å². The maximum Gasteiger partial charge on any atom is 0.128 e. The van der Waals surface area contributed by atoms with Gasteiger partial charge in [0.2, 0.25) is 0 Å². The van der Waals surface area contributed by atoms with Gasteiger partial charge in [0, 0.05) is 17.6 Å². The number of anilines is 1. The summed E-state index contributed by atoms with van der Waals surface area (Å²) in [6.07, 6.45) is 2.02. The molecule has 0 bridgehead atoms. The first-order chi connectivity index (χ1) is 8.43. The van der Waals surface area contributed by atoms with E-state index in [9.17, 15) is 0 Å². The smallest absolute Gasteiger partial charge is 0.128 e. The van der Waals surface area contributed by atoms with Gasteiger partial charge < -0.3 is 9.64 Å². The van der Waals surface area contributed by atoms with E-state index >= 15 is 0 Å². The molecule has 3 nitrogen and oxygen atoms in total. The maximum absolute atomic E-state index is 5.82. The zero-order valence-corrected chi connectivity index (χ0v) is 10.3. The molecule has 0 aliphatic carbocycles. The molecule has 17 heavy (non-hydrogen) atoms. The topological polar surface area (TPSA) is 25.4 Å². The average Bonchev–Trinajstić information content (AvgIpc) is 2.94. The van der Waals surface area contributed by atoms with Crippen molar-refractivity contribution in [1.29, 1.82) is 0 Å². The Morgan fingerprint density at radius 1 is 1.29 bits per heavy atom. The standard InChI is InChI=1S/C13H14N2OS/c1-2-6-14-13(5-1)15-7-8-16-11(10-15)12-4-3-9-17-12/h1-6,9,11H,7-8,10H2. The Kier molecular flexibility index (Phi) is 3.07. The highest BCUT2D eigenvalue weighted by molar-refractivity contribution is 7.10. The molecule has 3 rings (SSSR count). The van der Waals surface area contributed by atoms with Crippen molar-refractivity contribution in [3.63, 3.8) is 0 Å². The largest absolute Gasteiger partial charge is 0.369 e. The summed E-state index contributed by atoms with van der Waals surface area (Å²) >= 11 is 1.75. The van der Waals surface area contributed by atoms with E-state index in [-0.39, 0.29) is 6.10 Å². The van der Waals surface area contributed by atoms with Crippen LogP contribution < -0.4 is 4.90 Å². The molecule has 0 radical (unpaired) electrons. The lowest BCUT2D eigenvalue weighted by Gasteiger charge is -2.33. The third kappa shape index (κ3) is 2.33. The zero-order chi connectivity index (χ0) is 11.5. The van der Waals surface area contributed by atoms with Gasteiger partial charge in [0.05, 0.1) is 13.2 Å². The molecule has 88 valence electrons. The van der Waals surface area contributed by atoms with Crippen LogP contribution in [0, 0.1) is 0 Å². The van der Waals surface area contributed by atoms with Gasteiger partial charge in [-0.1, -0.05) is 12.1 Å². The molecule has 0 aromatic carbocycles. The number of hydrogen-bond acceptors (Lipinski definition) is 4. The summed E-state index contributed by atoms with van der Waals surface area (Å²) in [5, 5.41) is 2.10. The number of aromatic nitrogens is 1. The van der Waals surface area contributed by atoms with Crippen LogP contribution >= 0.6 is 11.3 Å². The summed E-state index contributed by atoms with van der Waals surface area (Å²) in [5.74, 6) is 1.04. The van der Waals surface area contributed by atoms with E-state index < -0.39 is 0 Å². The number of morpholine rings is 1. The lowest BCUT2D eigenvalue weighted by molar-refractivity contribution is 0.0418. The van der Waals surface area contributed by atoms with Crippen molar-refractivity contribution in [1.82, 2.24) is 4.98 Å². The molecule has 0 N–H and O–H groups in total. The minimum Gasteiger partial charge on any atom is -0.369 e. The second-order valence-corrected chi connectivity index (χ2v) is 4.99. The van der Waals surface area contributed by atoms with Crippen molar-refractivity contribution in [2.45, 2.75) is 6.10 Å². The fraction of sp³-hybridized carbons (Fsp3) is 0.308. The highest BCUT2D eigenvalue weighted by Crippen LogP contribution is 2.27. The van der Waals surface area contributed by atoms with Gasteiger partial charge in [0.25, 0.3) is 0 Å². The molecule has 2 aromatic rings. The summed E-state index contributed by atoms with van der Waals surface area (Å²) in [4.78, 5) is 7.97. The summed E-state index contributed by atoms with van der Waals surface area (Å²) in [6, 6.07) is 10.2. The van der Waals surface area contributed by atoms with Crippen LogP contribution in [0.4, 0.5) is 5.82 Å². The summed E-state index contributed by atoms with van der Waals surface area (Å²) < 4.78 is 5.82. The maximum atomic E-state index is 5.82. The van der Waals surface area contributed by atoms with Crippen molar-refractivity contribution in [2.24, 2.45) is 0 Å². The minimum absolute atomic E-state index is 0.186. The second kappa shape index (κ2) is 4.85. The lowest BCUT2D eigenvalue weighted by atomic mass is 10.2. The van der Waals surface area contributed by atoms with Crippen LogP contribution in [0.15, 0.2) is 41.9 Å². The molecule has 1 aliphatic heterocycles. The molecule has 0 amide bonds. The molecule has 1 atom stereocenters. The van der Waals surface area contributed by atoms with E-state index in [0.29, 0.717) is 0 Å². The van der Waals surface area contributed by atoms with Gasteiger partial charge in [-0.05, 0) is 23.6 Å². The highest BCUT2D eigenvalue weighted by Gasteiger charge is 2.23. The lowest BCUT2D eigenvalue weighted by Crippen LogP contribution is -2.38. The average molecular weight is 246 g/mol. The van der Waals surface area contributed by atoms with Crippen molar-refractivity contribution in [3.8, 4) is 0 Å². The molecule has 1 fully saturated rings. The Morgan fingerprint density at radius 3 is 3.06 bits per heavy atom. The Balaban J connectivity index is 1.76. The van der Waals surface area contributed by atoms with Gasteiger partial charge in [0.15, 0.2) is 0 Å². The van der Waals surface area contributed by atoms with E-state index in [4.69, 9.17) is 4.74 Å². The van der Waals surface area contributed by atoms with Gasteiger partial charge in [0.1, 0.15) is 11.9 Å². The molecule has 1 saturated heterocycles. The molecule has 3 heterocycles. The molecular weight excluding hydrogens is 232 g/mol. The predicted octanol–water partition coefficient (Wildman–Crippen LogP) is 2.72. The number of nitrogens with zero attached hydrogens (tertiary/aromatic N) is 2. The zero-order valence-electron chi connectivity index (χ0n) is 9.45. The number of rotatable bonds is 2. The van der Waals surface area contributed by atoms with Gasteiger partial charge >= 0.3 is 0 Å². The minimum atomic E-state index is 0.186. The first-order valence-electron chi connectivity index (χ1n) is 5.74. The normalized spacial score (nSPS) is 20.5. The van der Waals surface area contributed by atoms with Crippen molar-refractivity contribution in [3.05, 3.63) is 46.8 Å². The Morgan fingerprint density at radius 2 is 2.29 bits per heavy atom. The molecule has 4 heteroatoms.